The van der Waals surface area contributed by atoms with Crippen LogP contribution in [0, 0.1) is 0 Å². The van der Waals surface area contributed by atoms with Crippen molar-refractivity contribution in [2.75, 3.05) is 13.2 Å². The second-order valence-corrected chi connectivity index (χ2v) is 3.59. The summed E-state index contributed by atoms with van der Waals surface area (Å²) in [7, 11) is 0. The molecule has 0 N–H and O–H groups in total. The van der Waals surface area contributed by atoms with Gasteiger partial charge in [0.2, 0.25) is 0 Å². The highest BCUT2D eigenvalue weighted by molar-refractivity contribution is 5.00. The zero-order chi connectivity index (χ0) is 8.60. The normalized spacial score (nSPS) is 39.2. The van der Waals surface area contributed by atoms with Crippen LogP contribution < -0.4 is 0 Å². The van der Waals surface area contributed by atoms with E-state index in [9.17, 15) is 0 Å². The van der Waals surface area contributed by atoms with Crippen LogP contribution in [0.25, 0.3) is 0 Å². The molecule has 0 aromatic heterocycles. The van der Waals surface area contributed by atoms with E-state index >= 15 is 0 Å². The van der Waals surface area contributed by atoms with Gasteiger partial charge in [-0.05, 0) is 13.8 Å². The average molecular weight is 170 g/mol. The minimum atomic E-state index is -0.466. The molecule has 12 heavy (non-hydrogen) atoms. The number of hydrogen-bond acceptors (Lipinski definition) is 3. The van der Waals surface area contributed by atoms with Crippen LogP contribution >= 0.6 is 0 Å². The summed E-state index contributed by atoms with van der Waals surface area (Å²) in [6, 6.07) is 0. The zero-order valence-corrected chi connectivity index (χ0v) is 7.45. The first-order chi connectivity index (χ1) is 5.67. The summed E-state index contributed by atoms with van der Waals surface area (Å²) in [5.41, 5.74) is 0. The van der Waals surface area contributed by atoms with E-state index in [0.29, 0.717) is 13.2 Å². The average Bonchev–Trinajstić information content (AvgIpc) is 2.02. The van der Waals surface area contributed by atoms with Gasteiger partial charge in [-0.2, -0.15) is 0 Å². The molecule has 1 unspecified atom stereocenters. The molecule has 2 rings (SSSR count). The summed E-state index contributed by atoms with van der Waals surface area (Å²) in [5.74, 6) is -0.466. The summed E-state index contributed by atoms with van der Waals surface area (Å²) in [6.07, 6.45) is 4.20. The van der Waals surface area contributed by atoms with Gasteiger partial charge in [-0.25, -0.2) is 0 Å². The summed E-state index contributed by atoms with van der Waals surface area (Å²) < 4.78 is 16.5. The summed E-state index contributed by atoms with van der Waals surface area (Å²) in [6.45, 7) is 5.15. The molecule has 0 aromatic rings. The van der Waals surface area contributed by atoms with Crippen LogP contribution in [0.2, 0.25) is 0 Å². The number of rotatable bonds is 0. The Morgan fingerprint density at radius 2 is 2.25 bits per heavy atom. The van der Waals surface area contributed by atoms with Gasteiger partial charge in [0.15, 0.2) is 5.79 Å². The first-order valence-electron chi connectivity index (χ1n) is 4.27. The predicted octanol–water partition coefficient (Wildman–Crippen LogP) is 1.09. The Bertz CT molecular complexity index is 198. The first-order valence-corrected chi connectivity index (χ1v) is 4.27. The van der Waals surface area contributed by atoms with Gasteiger partial charge in [0.05, 0.1) is 13.2 Å². The molecule has 2 heterocycles. The molecule has 0 spiro atoms. The van der Waals surface area contributed by atoms with Crippen molar-refractivity contribution < 1.29 is 14.2 Å². The minimum absolute atomic E-state index is 0.0718. The molecule has 0 radical (unpaired) electrons. The molecule has 68 valence electrons. The highest BCUT2D eigenvalue weighted by atomic mass is 16.7. The van der Waals surface area contributed by atoms with Crippen molar-refractivity contribution in [3.8, 4) is 0 Å². The van der Waals surface area contributed by atoms with E-state index < -0.39 is 5.79 Å². The van der Waals surface area contributed by atoms with Crippen molar-refractivity contribution in [3.05, 3.63) is 12.2 Å². The zero-order valence-electron chi connectivity index (χ0n) is 7.45. The Balaban J connectivity index is 2.07. The second kappa shape index (κ2) is 2.83. The van der Waals surface area contributed by atoms with Crippen LogP contribution in [0.5, 0.6) is 0 Å². The van der Waals surface area contributed by atoms with E-state index in [-0.39, 0.29) is 12.2 Å². The Hall–Kier alpha value is -0.380. The van der Waals surface area contributed by atoms with E-state index in [1.165, 1.54) is 0 Å². The lowest BCUT2D eigenvalue weighted by Gasteiger charge is -2.40. The number of hydrogen-bond donors (Lipinski definition) is 0. The standard InChI is InChI=1S/C9H14O3/c1-9(2)11-6-8-7(12-9)4-3-5-10-8/h3-4,7-8H,5-6H2,1-2H3/t7-,8?/m1/s1. The lowest BCUT2D eigenvalue weighted by Crippen LogP contribution is -2.50. The topological polar surface area (TPSA) is 27.7 Å². The highest BCUT2D eigenvalue weighted by Gasteiger charge is 2.36. The fraction of sp³-hybridized carbons (Fsp3) is 0.778. The summed E-state index contributed by atoms with van der Waals surface area (Å²) >= 11 is 0. The van der Waals surface area contributed by atoms with Crippen molar-refractivity contribution in [1.29, 1.82) is 0 Å². The molecule has 1 saturated heterocycles. The maximum Gasteiger partial charge on any atom is 0.163 e. The molecule has 0 saturated carbocycles. The molecular formula is C9H14O3. The SMILES string of the molecule is CC1(C)OCC2OCC=C[C@H]2O1. The monoisotopic (exact) mass is 170 g/mol. The van der Waals surface area contributed by atoms with Gasteiger partial charge in [-0.1, -0.05) is 12.2 Å². The molecule has 2 atom stereocenters. The van der Waals surface area contributed by atoms with Crippen molar-refractivity contribution in [2.24, 2.45) is 0 Å². The third-order valence-electron chi connectivity index (χ3n) is 2.11. The molecule has 3 nitrogen and oxygen atoms in total. The Morgan fingerprint density at radius 3 is 3.08 bits per heavy atom. The fourth-order valence-corrected chi connectivity index (χ4v) is 1.49. The molecule has 0 aromatic carbocycles. The molecule has 0 bridgehead atoms. The molecule has 1 fully saturated rings. The van der Waals surface area contributed by atoms with Crippen molar-refractivity contribution in [3.63, 3.8) is 0 Å². The molecule has 3 heteroatoms. The first kappa shape index (κ1) is 8.23. The largest absolute Gasteiger partial charge is 0.369 e. The Kier molecular flexibility index (Phi) is 1.94. The van der Waals surface area contributed by atoms with Gasteiger partial charge in [-0.3, -0.25) is 0 Å². The van der Waals surface area contributed by atoms with Gasteiger partial charge in [-0.15, -0.1) is 0 Å². The fourth-order valence-electron chi connectivity index (χ4n) is 1.49. The molecule has 2 aliphatic rings. The third-order valence-corrected chi connectivity index (χ3v) is 2.11. The van der Waals surface area contributed by atoms with E-state index in [0.717, 1.165) is 0 Å². The van der Waals surface area contributed by atoms with E-state index in [2.05, 4.69) is 6.08 Å². The Morgan fingerprint density at radius 1 is 1.42 bits per heavy atom. The number of ether oxygens (including phenoxy) is 3. The summed E-state index contributed by atoms with van der Waals surface area (Å²) in [5, 5.41) is 0. The van der Waals surface area contributed by atoms with Gasteiger partial charge in [0, 0.05) is 0 Å². The number of fused-ring (bicyclic) bond motifs is 1. The minimum Gasteiger partial charge on any atom is -0.369 e. The van der Waals surface area contributed by atoms with E-state index in [1.807, 2.05) is 19.9 Å². The summed E-state index contributed by atoms with van der Waals surface area (Å²) in [4.78, 5) is 0. The van der Waals surface area contributed by atoms with Crippen molar-refractivity contribution >= 4 is 0 Å². The van der Waals surface area contributed by atoms with Crippen LogP contribution in [-0.4, -0.2) is 31.2 Å². The predicted molar refractivity (Wildman–Crippen MR) is 43.8 cm³/mol. The quantitative estimate of drug-likeness (QED) is 0.509. The molecule has 0 amide bonds. The van der Waals surface area contributed by atoms with Crippen LogP contribution in [0.3, 0.4) is 0 Å². The molecule has 2 aliphatic heterocycles. The van der Waals surface area contributed by atoms with Crippen LogP contribution in [0.4, 0.5) is 0 Å². The smallest absolute Gasteiger partial charge is 0.163 e. The maximum absolute atomic E-state index is 5.64. The van der Waals surface area contributed by atoms with Gasteiger partial charge >= 0.3 is 0 Å². The van der Waals surface area contributed by atoms with Crippen LogP contribution in [0.1, 0.15) is 13.8 Å². The Labute approximate surface area is 72.3 Å². The second-order valence-electron chi connectivity index (χ2n) is 3.59. The lowest BCUT2D eigenvalue weighted by atomic mass is 10.1. The molecular weight excluding hydrogens is 156 g/mol. The van der Waals surface area contributed by atoms with Gasteiger partial charge < -0.3 is 14.2 Å². The molecule has 0 aliphatic carbocycles. The van der Waals surface area contributed by atoms with Crippen LogP contribution in [-0.2, 0) is 14.2 Å². The van der Waals surface area contributed by atoms with Gasteiger partial charge in [0.1, 0.15) is 12.2 Å². The van der Waals surface area contributed by atoms with E-state index in [1.54, 1.807) is 0 Å². The van der Waals surface area contributed by atoms with Crippen LogP contribution in [0.15, 0.2) is 12.2 Å². The van der Waals surface area contributed by atoms with Crippen molar-refractivity contribution in [1.82, 2.24) is 0 Å². The highest BCUT2D eigenvalue weighted by Crippen LogP contribution is 2.26. The lowest BCUT2D eigenvalue weighted by molar-refractivity contribution is -0.300. The maximum atomic E-state index is 5.64. The van der Waals surface area contributed by atoms with E-state index in [4.69, 9.17) is 14.2 Å². The third kappa shape index (κ3) is 1.53. The van der Waals surface area contributed by atoms with Gasteiger partial charge in [0.25, 0.3) is 0 Å². The van der Waals surface area contributed by atoms with Crippen molar-refractivity contribution in [2.45, 2.75) is 31.8 Å².